The van der Waals surface area contributed by atoms with Crippen LogP contribution in [0.2, 0.25) is 10.0 Å². The molecule has 0 radical (unpaired) electrons. The van der Waals surface area contributed by atoms with E-state index in [2.05, 4.69) is 0 Å². The number of carbonyl (C=O) groups excluding carboxylic acids is 1. The predicted molar refractivity (Wildman–Crippen MR) is 91.0 cm³/mol. The molecule has 0 unspecified atom stereocenters. The van der Waals surface area contributed by atoms with Crippen LogP contribution >= 0.6 is 23.2 Å². The van der Waals surface area contributed by atoms with Gasteiger partial charge in [0.2, 0.25) is 0 Å². The fourth-order valence-corrected chi connectivity index (χ4v) is 2.47. The summed E-state index contributed by atoms with van der Waals surface area (Å²) >= 11 is 12.0. The van der Waals surface area contributed by atoms with Crippen LogP contribution in [0.25, 0.3) is 0 Å². The summed E-state index contributed by atoms with van der Waals surface area (Å²) in [5.74, 6) is 0.261. The number of rotatable bonds is 5. The van der Waals surface area contributed by atoms with E-state index in [1.54, 1.807) is 23.1 Å². The van der Waals surface area contributed by atoms with E-state index < -0.39 is 0 Å². The summed E-state index contributed by atoms with van der Waals surface area (Å²) in [6, 6.07) is 14.6. The van der Waals surface area contributed by atoms with Crippen LogP contribution in [-0.4, -0.2) is 18.6 Å². The lowest BCUT2D eigenvalue weighted by molar-refractivity contribution is -0.120. The Morgan fingerprint density at radius 3 is 2.41 bits per heavy atom. The Hall–Kier alpha value is -1.71. The van der Waals surface area contributed by atoms with Crippen molar-refractivity contribution >= 4 is 34.8 Å². The number of halogens is 2. The van der Waals surface area contributed by atoms with Crippen molar-refractivity contribution in [3.05, 3.63) is 58.6 Å². The highest BCUT2D eigenvalue weighted by molar-refractivity contribution is 6.42. The maximum absolute atomic E-state index is 12.5. The molecule has 0 aliphatic rings. The van der Waals surface area contributed by atoms with Crippen molar-refractivity contribution in [1.82, 2.24) is 0 Å². The summed E-state index contributed by atoms with van der Waals surface area (Å²) in [5.41, 5.74) is 0.836. The minimum absolute atomic E-state index is 0.0216. The first kappa shape index (κ1) is 16.7. The van der Waals surface area contributed by atoms with E-state index in [9.17, 15) is 4.79 Å². The van der Waals surface area contributed by atoms with Gasteiger partial charge in [0.25, 0.3) is 5.91 Å². The lowest BCUT2D eigenvalue weighted by Gasteiger charge is -2.27. The highest BCUT2D eigenvalue weighted by atomic mass is 35.5. The molecule has 0 N–H and O–H groups in total. The molecular formula is C17H17Cl2NO2. The second-order valence-electron chi connectivity index (χ2n) is 5.03. The summed E-state index contributed by atoms with van der Waals surface area (Å²) in [6.07, 6.45) is 0. The molecule has 0 saturated heterocycles. The third-order valence-electron chi connectivity index (χ3n) is 3.09. The van der Waals surface area contributed by atoms with Crippen molar-refractivity contribution in [3.8, 4) is 5.75 Å². The van der Waals surface area contributed by atoms with Crippen LogP contribution in [0.3, 0.4) is 0 Å². The monoisotopic (exact) mass is 337 g/mol. The molecule has 2 aromatic carbocycles. The lowest BCUT2D eigenvalue weighted by atomic mass is 10.2. The van der Waals surface area contributed by atoms with Crippen LogP contribution in [0.15, 0.2) is 48.5 Å². The molecule has 2 rings (SSSR count). The zero-order chi connectivity index (χ0) is 16.1. The Bertz CT molecular complexity index is 644. The van der Waals surface area contributed by atoms with Crippen molar-refractivity contribution < 1.29 is 9.53 Å². The summed E-state index contributed by atoms with van der Waals surface area (Å²) in [7, 11) is 0. The van der Waals surface area contributed by atoms with Crippen LogP contribution in [0.4, 0.5) is 5.69 Å². The third kappa shape index (κ3) is 3.93. The number of para-hydroxylation sites is 1. The Labute approximate surface area is 140 Å². The Morgan fingerprint density at radius 2 is 1.77 bits per heavy atom. The number of amides is 1. The Kier molecular flexibility index (Phi) is 5.69. The number of hydrogen-bond donors (Lipinski definition) is 0. The molecule has 0 saturated carbocycles. The van der Waals surface area contributed by atoms with Gasteiger partial charge >= 0.3 is 0 Å². The van der Waals surface area contributed by atoms with Gasteiger partial charge in [-0.25, -0.2) is 0 Å². The molecule has 0 bridgehead atoms. The summed E-state index contributed by atoms with van der Waals surface area (Å²) in [6.45, 7) is 3.81. The lowest BCUT2D eigenvalue weighted by Crippen LogP contribution is -2.40. The van der Waals surface area contributed by atoms with Crippen molar-refractivity contribution in [2.24, 2.45) is 0 Å². The van der Waals surface area contributed by atoms with Crippen LogP contribution in [0.5, 0.6) is 5.75 Å². The molecule has 0 aromatic heterocycles. The smallest absolute Gasteiger partial charge is 0.265 e. The molecule has 0 aliphatic heterocycles. The quantitative estimate of drug-likeness (QED) is 0.783. The van der Waals surface area contributed by atoms with Crippen LogP contribution in [0.1, 0.15) is 13.8 Å². The van der Waals surface area contributed by atoms with E-state index in [-0.39, 0.29) is 18.6 Å². The topological polar surface area (TPSA) is 29.5 Å². The van der Waals surface area contributed by atoms with Crippen LogP contribution < -0.4 is 9.64 Å². The van der Waals surface area contributed by atoms with Gasteiger partial charge in [0.1, 0.15) is 10.8 Å². The van der Waals surface area contributed by atoms with Gasteiger partial charge in [-0.3, -0.25) is 4.79 Å². The SMILES string of the molecule is CC(C)N(C(=O)COc1cccc(Cl)c1Cl)c1ccccc1. The van der Waals surface area contributed by atoms with Crippen LogP contribution in [0, 0.1) is 0 Å². The van der Waals surface area contributed by atoms with Gasteiger partial charge in [-0.05, 0) is 38.1 Å². The average Bonchev–Trinajstić information content (AvgIpc) is 2.49. The van der Waals surface area contributed by atoms with E-state index in [4.69, 9.17) is 27.9 Å². The first-order chi connectivity index (χ1) is 10.5. The van der Waals surface area contributed by atoms with E-state index in [0.29, 0.717) is 15.8 Å². The molecule has 116 valence electrons. The number of benzene rings is 2. The molecule has 1 amide bonds. The highest BCUT2D eigenvalue weighted by Gasteiger charge is 2.19. The molecular weight excluding hydrogens is 321 g/mol. The fourth-order valence-electron chi connectivity index (χ4n) is 2.12. The molecule has 22 heavy (non-hydrogen) atoms. The van der Waals surface area contributed by atoms with Gasteiger partial charge in [0.15, 0.2) is 6.61 Å². The first-order valence-electron chi connectivity index (χ1n) is 6.94. The van der Waals surface area contributed by atoms with Crippen molar-refractivity contribution in [3.63, 3.8) is 0 Å². The second kappa shape index (κ2) is 7.52. The minimum Gasteiger partial charge on any atom is -0.482 e. The number of nitrogens with zero attached hydrogens (tertiary/aromatic N) is 1. The molecule has 0 atom stereocenters. The number of carbonyl (C=O) groups is 1. The minimum atomic E-state index is -0.141. The van der Waals surface area contributed by atoms with E-state index >= 15 is 0 Å². The van der Waals surface area contributed by atoms with Gasteiger partial charge in [-0.15, -0.1) is 0 Å². The molecule has 5 heteroatoms. The number of anilines is 1. The normalized spacial score (nSPS) is 10.6. The molecule has 0 aliphatic carbocycles. The number of hydrogen-bond acceptors (Lipinski definition) is 2. The molecule has 0 spiro atoms. The molecule has 3 nitrogen and oxygen atoms in total. The van der Waals surface area contributed by atoms with Gasteiger partial charge in [0, 0.05) is 11.7 Å². The standard InChI is InChI=1S/C17H17Cl2NO2/c1-12(2)20(13-7-4-3-5-8-13)16(21)11-22-15-10-6-9-14(18)17(15)19/h3-10,12H,11H2,1-2H3. The van der Waals surface area contributed by atoms with E-state index in [1.165, 1.54) is 0 Å². The van der Waals surface area contributed by atoms with Crippen molar-refractivity contribution in [2.45, 2.75) is 19.9 Å². The molecule has 0 fully saturated rings. The molecule has 0 heterocycles. The van der Waals surface area contributed by atoms with Crippen molar-refractivity contribution in [2.75, 3.05) is 11.5 Å². The summed E-state index contributed by atoms with van der Waals surface area (Å²) in [5, 5.41) is 0.711. The van der Waals surface area contributed by atoms with Crippen molar-refractivity contribution in [1.29, 1.82) is 0 Å². The second-order valence-corrected chi connectivity index (χ2v) is 5.82. The predicted octanol–water partition coefficient (Wildman–Crippen LogP) is 4.81. The maximum atomic E-state index is 12.5. The highest BCUT2D eigenvalue weighted by Crippen LogP contribution is 2.31. The Balaban J connectivity index is 2.11. The van der Waals surface area contributed by atoms with Crippen LogP contribution in [-0.2, 0) is 4.79 Å². The maximum Gasteiger partial charge on any atom is 0.265 e. The van der Waals surface area contributed by atoms with Gasteiger partial charge < -0.3 is 9.64 Å². The van der Waals surface area contributed by atoms with Gasteiger partial charge in [-0.1, -0.05) is 47.5 Å². The third-order valence-corrected chi connectivity index (χ3v) is 3.89. The first-order valence-corrected chi connectivity index (χ1v) is 7.70. The van der Waals surface area contributed by atoms with Gasteiger partial charge in [0.05, 0.1) is 5.02 Å². The van der Waals surface area contributed by atoms with Gasteiger partial charge in [-0.2, -0.15) is 0 Å². The molecule has 2 aromatic rings. The average molecular weight is 338 g/mol. The van der Waals surface area contributed by atoms with E-state index in [1.807, 2.05) is 44.2 Å². The fraction of sp³-hybridized carbons (Fsp3) is 0.235. The largest absolute Gasteiger partial charge is 0.482 e. The zero-order valence-electron chi connectivity index (χ0n) is 12.4. The Morgan fingerprint density at radius 1 is 1.09 bits per heavy atom. The summed E-state index contributed by atoms with van der Waals surface area (Å²) < 4.78 is 5.52. The van der Waals surface area contributed by atoms with E-state index in [0.717, 1.165) is 5.69 Å². The number of ether oxygens (including phenoxy) is 1. The summed E-state index contributed by atoms with van der Waals surface area (Å²) in [4.78, 5) is 14.2. The zero-order valence-corrected chi connectivity index (χ0v) is 13.9.